The minimum absolute atomic E-state index is 0.0288. The fraction of sp³-hybridized carbons (Fsp3) is 0.375. The van der Waals surface area contributed by atoms with E-state index in [0.717, 1.165) is 29.5 Å². The molecule has 2 atom stereocenters. The largest absolute Gasteiger partial charge is 0.367 e. The molecule has 1 aromatic carbocycles. The van der Waals surface area contributed by atoms with E-state index in [1.807, 2.05) is 25.1 Å². The Morgan fingerprint density at radius 3 is 2.94 bits per heavy atom. The summed E-state index contributed by atoms with van der Waals surface area (Å²) in [5, 5.41) is 6.25. The second kappa shape index (κ2) is 8.40. The van der Waals surface area contributed by atoms with E-state index in [1.165, 1.54) is 11.3 Å². The van der Waals surface area contributed by atoms with E-state index in [1.54, 1.807) is 17.5 Å². The van der Waals surface area contributed by atoms with E-state index in [-0.39, 0.29) is 11.3 Å². The van der Waals surface area contributed by atoms with Crippen molar-refractivity contribution >= 4 is 22.9 Å². The molecule has 2 aliphatic rings. The quantitative estimate of drug-likeness (QED) is 0.645. The highest BCUT2D eigenvalue weighted by molar-refractivity contribution is 7.09. The van der Waals surface area contributed by atoms with Crippen LogP contribution in [0.15, 0.2) is 54.0 Å². The number of carbonyl (C=O) groups excluding carboxylic acids is 1. The topological polar surface area (TPSA) is 67.4 Å². The van der Waals surface area contributed by atoms with Crippen LogP contribution in [0.4, 0.5) is 5.69 Å². The molecular weight excluding hydrogens is 408 g/mol. The molecule has 3 aromatic rings. The summed E-state index contributed by atoms with van der Waals surface area (Å²) in [5.41, 5.74) is 4.44. The van der Waals surface area contributed by atoms with Crippen molar-refractivity contribution in [2.24, 2.45) is 0 Å². The smallest absolute Gasteiger partial charge is 0.249 e. The van der Waals surface area contributed by atoms with Gasteiger partial charge < -0.3 is 15.0 Å². The molecule has 1 N–H and O–H groups in total. The number of pyridine rings is 1. The number of aromatic nitrogens is 2. The Bertz CT molecular complexity index is 1070. The first-order valence-electron chi connectivity index (χ1n) is 10.7. The Morgan fingerprint density at radius 1 is 1.26 bits per heavy atom. The third kappa shape index (κ3) is 4.07. The number of ether oxygens (including phenoxy) is 1. The van der Waals surface area contributed by atoms with E-state index >= 15 is 0 Å². The first-order chi connectivity index (χ1) is 15.1. The molecule has 1 spiro atoms. The van der Waals surface area contributed by atoms with Gasteiger partial charge in [-0.1, -0.05) is 24.3 Å². The number of para-hydroxylation sites is 1. The van der Waals surface area contributed by atoms with Crippen LogP contribution < -0.4 is 10.2 Å². The Morgan fingerprint density at radius 2 is 2.13 bits per heavy atom. The number of thiazole rings is 1. The Kier molecular flexibility index (Phi) is 5.46. The summed E-state index contributed by atoms with van der Waals surface area (Å²) in [6, 6.07) is 14.3. The molecule has 160 valence electrons. The van der Waals surface area contributed by atoms with Gasteiger partial charge in [-0.05, 0) is 37.1 Å². The summed E-state index contributed by atoms with van der Waals surface area (Å²) >= 11 is 1.68. The number of carbonyl (C=O) groups is 1. The Labute approximate surface area is 186 Å². The van der Waals surface area contributed by atoms with E-state index in [2.05, 4.69) is 49.8 Å². The van der Waals surface area contributed by atoms with E-state index < -0.39 is 6.10 Å². The molecule has 0 bridgehead atoms. The van der Waals surface area contributed by atoms with Crippen molar-refractivity contribution in [1.29, 1.82) is 0 Å². The lowest BCUT2D eigenvalue weighted by molar-refractivity contribution is -0.129. The number of nitrogens with zero attached hydrogens (tertiary/aromatic N) is 3. The molecule has 1 amide bonds. The highest BCUT2D eigenvalue weighted by Gasteiger charge is 2.50. The average molecular weight is 435 g/mol. The van der Waals surface area contributed by atoms with Gasteiger partial charge in [0, 0.05) is 47.9 Å². The fourth-order valence-corrected chi connectivity index (χ4v) is 5.33. The van der Waals surface area contributed by atoms with Crippen molar-refractivity contribution in [2.75, 3.05) is 24.6 Å². The van der Waals surface area contributed by atoms with E-state index in [4.69, 9.17) is 4.74 Å². The highest BCUT2D eigenvalue weighted by atomic mass is 32.1. The summed E-state index contributed by atoms with van der Waals surface area (Å²) in [6.45, 7) is 4.80. The molecule has 5 rings (SSSR count). The SMILES string of the molecule is Cc1nc(CN2C[C@@]3(CO[C@H](C(=O)NCCc4ccccn4)C3)c3ccccc32)cs1. The Hall–Kier alpha value is -2.77. The molecule has 1 fully saturated rings. The summed E-state index contributed by atoms with van der Waals surface area (Å²) in [6.07, 6.45) is 2.77. The van der Waals surface area contributed by atoms with Crippen LogP contribution in [-0.4, -0.2) is 41.7 Å². The molecule has 6 nitrogen and oxygen atoms in total. The van der Waals surface area contributed by atoms with Crippen LogP contribution in [0.2, 0.25) is 0 Å². The maximum absolute atomic E-state index is 12.8. The van der Waals surface area contributed by atoms with Crippen LogP contribution in [-0.2, 0) is 27.9 Å². The molecule has 0 unspecified atom stereocenters. The van der Waals surface area contributed by atoms with Crippen LogP contribution in [0.3, 0.4) is 0 Å². The van der Waals surface area contributed by atoms with Crippen LogP contribution in [0.1, 0.15) is 28.4 Å². The van der Waals surface area contributed by atoms with Crippen LogP contribution in [0, 0.1) is 6.92 Å². The van der Waals surface area contributed by atoms with Crippen molar-refractivity contribution in [2.45, 2.75) is 37.8 Å². The molecule has 2 aliphatic heterocycles. The summed E-state index contributed by atoms with van der Waals surface area (Å²) in [4.78, 5) is 24.1. The van der Waals surface area contributed by atoms with Gasteiger partial charge in [-0.3, -0.25) is 9.78 Å². The van der Waals surface area contributed by atoms with Crippen molar-refractivity contribution in [3.05, 3.63) is 76.0 Å². The first-order valence-corrected chi connectivity index (χ1v) is 11.6. The number of hydrogen-bond donors (Lipinski definition) is 1. The molecule has 0 saturated carbocycles. The van der Waals surface area contributed by atoms with Crippen LogP contribution in [0.5, 0.6) is 0 Å². The van der Waals surface area contributed by atoms with Gasteiger partial charge in [0.15, 0.2) is 0 Å². The fourth-order valence-electron chi connectivity index (χ4n) is 4.72. The van der Waals surface area contributed by atoms with E-state index in [9.17, 15) is 4.79 Å². The number of hydrogen-bond acceptors (Lipinski definition) is 6. The third-order valence-corrected chi connectivity index (χ3v) is 6.99. The minimum Gasteiger partial charge on any atom is -0.367 e. The zero-order valence-electron chi connectivity index (χ0n) is 17.6. The number of fused-ring (bicyclic) bond motifs is 2. The predicted molar refractivity (Wildman–Crippen MR) is 121 cm³/mol. The average Bonchev–Trinajstić information content (AvgIpc) is 3.48. The summed E-state index contributed by atoms with van der Waals surface area (Å²) in [5.74, 6) is -0.0288. The lowest BCUT2D eigenvalue weighted by Crippen LogP contribution is -2.38. The molecule has 0 radical (unpaired) electrons. The van der Waals surface area contributed by atoms with Gasteiger partial charge in [-0.2, -0.15) is 0 Å². The van der Waals surface area contributed by atoms with Crippen LogP contribution in [0.25, 0.3) is 0 Å². The van der Waals surface area contributed by atoms with Gasteiger partial charge >= 0.3 is 0 Å². The highest BCUT2D eigenvalue weighted by Crippen LogP contribution is 2.47. The zero-order chi connectivity index (χ0) is 21.3. The maximum Gasteiger partial charge on any atom is 0.249 e. The maximum atomic E-state index is 12.8. The second-order valence-corrected chi connectivity index (χ2v) is 9.44. The van der Waals surface area contributed by atoms with Crippen molar-refractivity contribution in [1.82, 2.24) is 15.3 Å². The summed E-state index contributed by atoms with van der Waals surface area (Å²) < 4.78 is 6.05. The first kappa shape index (κ1) is 20.2. The molecular formula is C24H26N4O2S. The molecule has 31 heavy (non-hydrogen) atoms. The Balaban J connectivity index is 1.25. The zero-order valence-corrected chi connectivity index (χ0v) is 18.4. The van der Waals surface area contributed by atoms with Gasteiger partial charge in [-0.25, -0.2) is 4.98 Å². The molecule has 2 aromatic heterocycles. The van der Waals surface area contributed by atoms with Gasteiger partial charge in [-0.15, -0.1) is 11.3 Å². The monoisotopic (exact) mass is 434 g/mol. The number of anilines is 1. The standard InChI is InChI=1S/C24H26N4O2S/c1-17-27-19(14-31-17)13-28-15-24(20-7-2-3-8-21(20)28)12-22(30-16-24)23(29)26-11-9-18-6-4-5-10-25-18/h2-8,10,14,22H,9,11-13,15-16H2,1H3,(H,26,29)/t22-,24-/m0/s1. The molecule has 0 aliphatic carbocycles. The lowest BCUT2D eigenvalue weighted by atomic mass is 9.80. The number of aryl methyl sites for hydroxylation is 1. The third-order valence-electron chi connectivity index (χ3n) is 6.16. The van der Waals surface area contributed by atoms with Gasteiger partial charge in [0.25, 0.3) is 0 Å². The molecule has 4 heterocycles. The number of nitrogens with one attached hydrogen (secondary N) is 1. The number of rotatable bonds is 6. The number of benzene rings is 1. The number of amides is 1. The summed E-state index contributed by atoms with van der Waals surface area (Å²) in [7, 11) is 0. The minimum atomic E-state index is -0.418. The molecule has 7 heteroatoms. The second-order valence-electron chi connectivity index (χ2n) is 8.38. The van der Waals surface area contributed by atoms with Crippen molar-refractivity contribution in [3.8, 4) is 0 Å². The van der Waals surface area contributed by atoms with Gasteiger partial charge in [0.1, 0.15) is 6.10 Å². The van der Waals surface area contributed by atoms with Gasteiger partial charge in [0.2, 0.25) is 5.91 Å². The van der Waals surface area contributed by atoms with E-state index in [0.29, 0.717) is 26.0 Å². The van der Waals surface area contributed by atoms with Gasteiger partial charge in [0.05, 0.1) is 23.9 Å². The normalized spacial score (nSPS) is 22.1. The predicted octanol–water partition coefficient (Wildman–Crippen LogP) is 3.25. The van der Waals surface area contributed by atoms with Crippen molar-refractivity contribution < 1.29 is 9.53 Å². The van der Waals surface area contributed by atoms with Crippen molar-refractivity contribution in [3.63, 3.8) is 0 Å². The lowest BCUT2D eigenvalue weighted by Gasteiger charge is -2.24. The molecule has 1 saturated heterocycles. The van der Waals surface area contributed by atoms with Crippen LogP contribution >= 0.6 is 11.3 Å².